The molecule has 0 radical (unpaired) electrons. The molecule has 0 aliphatic rings. The van der Waals surface area contributed by atoms with E-state index in [0.717, 1.165) is 4.68 Å². The number of anilines is 1. The highest BCUT2D eigenvalue weighted by Crippen LogP contribution is 2.15. The average Bonchev–Trinajstić information content (AvgIpc) is 2.23. The molecule has 0 bridgehead atoms. The Bertz CT molecular complexity index is 439. The minimum Gasteiger partial charge on any atom is -0.394 e. The van der Waals surface area contributed by atoms with E-state index in [0.29, 0.717) is 12.2 Å². The molecule has 0 saturated heterocycles. The summed E-state index contributed by atoms with van der Waals surface area (Å²) >= 11 is 5.90. The lowest BCUT2D eigenvalue weighted by atomic mass is 10.1. The number of nitrogens with two attached hydrogens (primary N) is 1. The maximum absolute atomic E-state index is 11.7. The number of aliphatic hydroxyl groups is 1. The Morgan fingerprint density at radius 1 is 1.65 bits per heavy atom. The number of hydrogen-bond acceptors (Lipinski definition) is 5. The maximum Gasteiger partial charge on any atom is 0.287 e. The van der Waals surface area contributed by atoms with Crippen molar-refractivity contribution in [3.8, 4) is 0 Å². The van der Waals surface area contributed by atoms with E-state index in [4.69, 9.17) is 22.4 Å². The third-order valence-electron chi connectivity index (χ3n) is 2.03. The highest BCUT2D eigenvalue weighted by Gasteiger charge is 2.13. The molecule has 0 saturated carbocycles. The summed E-state index contributed by atoms with van der Waals surface area (Å²) in [5, 5.41) is 15.6. The van der Waals surface area contributed by atoms with Crippen molar-refractivity contribution in [1.82, 2.24) is 9.78 Å². The van der Waals surface area contributed by atoms with Gasteiger partial charge < -0.3 is 16.2 Å². The first-order valence-electron chi connectivity index (χ1n) is 5.24. The fourth-order valence-corrected chi connectivity index (χ4v) is 1.38. The predicted molar refractivity (Wildman–Crippen MR) is 67.3 cm³/mol. The maximum atomic E-state index is 11.7. The second-order valence-electron chi connectivity index (χ2n) is 4.47. The van der Waals surface area contributed by atoms with Crippen LogP contribution in [0.3, 0.4) is 0 Å². The van der Waals surface area contributed by atoms with E-state index in [1.807, 2.05) is 13.8 Å². The Morgan fingerprint density at radius 3 is 2.82 bits per heavy atom. The van der Waals surface area contributed by atoms with Crippen molar-refractivity contribution in [2.45, 2.75) is 25.9 Å². The van der Waals surface area contributed by atoms with Crippen molar-refractivity contribution in [3.63, 3.8) is 0 Å². The normalized spacial score (nSPS) is 11.6. The highest BCUT2D eigenvalue weighted by atomic mass is 35.5. The molecule has 0 fully saturated rings. The Labute approximate surface area is 104 Å². The molecule has 7 heteroatoms. The first-order valence-corrected chi connectivity index (χ1v) is 5.62. The van der Waals surface area contributed by atoms with Gasteiger partial charge in [-0.15, -0.1) is 0 Å². The van der Waals surface area contributed by atoms with E-state index < -0.39 is 11.1 Å². The molecular weight excluding hydrogens is 244 g/mol. The second kappa shape index (κ2) is 5.48. The molecule has 0 aliphatic heterocycles. The summed E-state index contributed by atoms with van der Waals surface area (Å²) in [4.78, 5) is 11.7. The molecule has 0 spiro atoms. The van der Waals surface area contributed by atoms with Crippen LogP contribution in [0, 0.1) is 0 Å². The molecule has 17 heavy (non-hydrogen) atoms. The van der Waals surface area contributed by atoms with Crippen LogP contribution in [-0.4, -0.2) is 33.6 Å². The van der Waals surface area contributed by atoms with Gasteiger partial charge in [-0.05, 0) is 13.8 Å². The number of halogens is 1. The van der Waals surface area contributed by atoms with Crippen LogP contribution in [0.5, 0.6) is 0 Å². The van der Waals surface area contributed by atoms with Crippen molar-refractivity contribution < 1.29 is 5.11 Å². The monoisotopic (exact) mass is 260 g/mol. The molecular formula is C10H17ClN4O2. The first-order chi connectivity index (χ1) is 7.85. The van der Waals surface area contributed by atoms with Crippen LogP contribution in [0.1, 0.15) is 13.8 Å². The minimum absolute atomic E-state index is 0.0534. The summed E-state index contributed by atoms with van der Waals surface area (Å²) < 4.78 is 1.11. The standard InChI is InChI=1S/C10H17ClN4O2/c1-10(2,12)6-13-7-5-14-15(3-4-16)9(17)8(7)11/h5,13,16H,3-4,6,12H2,1-2H3. The zero-order chi connectivity index (χ0) is 13.1. The van der Waals surface area contributed by atoms with Crippen LogP contribution in [0.2, 0.25) is 5.02 Å². The van der Waals surface area contributed by atoms with Crippen LogP contribution in [0.25, 0.3) is 0 Å². The van der Waals surface area contributed by atoms with E-state index in [1.165, 1.54) is 6.20 Å². The molecule has 0 unspecified atom stereocenters. The SMILES string of the molecule is CC(C)(N)CNc1cnn(CCO)c(=O)c1Cl. The molecule has 0 aromatic carbocycles. The van der Waals surface area contributed by atoms with Crippen molar-refractivity contribution >= 4 is 17.3 Å². The molecule has 1 aromatic heterocycles. The van der Waals surface area contributed by atoms with Crippen molar-refractivity contribution in [1.29, 1.82) is 0 Å². The third kappa shape index (κ3) is 3.99. The fraction of sp³-hybridized carbons (Fsp3) is 0.600. The highest BCUT2D eigenvalue weighted by molar-refractivity contribution is 6.32. The summed E-state index contributed by atoms with van der Waals surface area (Å²) in [5.41, 5.74) is 5.41. The van der Waals surface area contributed by atoms with Gasteiger partial charge in [-0.1, -0.05) is 11.6 Å². The van der Waals surface area contributed by atoms with Gasteiger partial charge in [0.15, 0.2) is 0 Å². The predicted octanol–water partition coefficient (Wildman–Crippen LogP) is 0.0382. The van der Waals surface area contributed by atoms with Gasteiger partial charge in [-0.25, -0.2) is 4.68 Å². The summed E-state index contributed by atoms with van der Waals surface area (Å²) in [6.07, 6.45) is 1.45. The van der Waals surface area contributed by atoms with E-state index in [-0.39, 0.29) is 18.2 Å². The van der Waals surface area contributed by atoms with E-state index in [1.54, 1.807) is 0 Å². The fourth-order valence-electron chi connectivity index (χ4n) is 1.17. The number of hydrogen-bond donors (Lipinski definition) is 3. The quantitative estimate of drug-likeness (QED) is 0.695. The van der Waals surface area contributed by atoms with Crippen molar-refractivity contribution in [3.05, 3.63) is 21.6 Å². The molecule has 1 heterocycles. The van der Waals surface area contributed by atoms with Gasteiger partial charge in [0.1, 0.15) is 5.02 Å². The van der Waals surface area contributed by atoms with Gasteiger partial charge in [0.25, 0.3) is 5.56 Å². The summed E-state index contributed by atoms with van der Waals surface area (Å²) in [6.45, 7) is 4.15. The number of aliphatic hydroxyl groups excluding tert-OH is 1. The molecule has 0 amide bonds. The Morgan fingerprint density at radius 2 is 2.29 bits per heavy atom. The Hall–Kier alpha value is -1.11. The molecule has 4 N–H and O–H groups in total. The number of nitrogens with one attached hydrogen (secondary N) is 1. The summed E-state index contributed by atoms with van der Waals surface area (Å²) in [5.74, 6) is 0. The number of nitrogens with zero attached hydrogens (tertiary/aromatic N) is 2. The summed E-state index contributed by atoms with van der Waals surface area (Å²) in [6, 6.07) is 0. The zero-order valence-electron chi connectivity index (χ0n) is 9.90. The van der Waals surface area contributed by atoms with E-state index in [2.05, 4.69) is 10.4 Å². The minimum atomic E-state index is -0.430. The first kappa shape index (κ1) is 14.0. The summed E-state index contributed by atoms with van der Waals surface area (Å²) in [7, 11) is 0. The topological polar surface area (TPSA) is 93.2 Å². The molecule has 0 atom stereocenters. The Balaban J connectivity index is 2.89. The van der Waals surface area contributed by atoms with Gasteiger partial charge >= 0.3 is 0 Å². The van der Waals surface area contributed by atoms with Gasteiger partial charge in [-0.2, -0.15) is 5.10 Å². The molecule has 6 nitrogen and oxygen atoms in total. The Kier molecular flexibility index (Phi) is 4.50. The van der Waals surface area contributed by atoms with E-state index in [9.17, 15) is 4.79 Å². The van der Waals surface area contributed by atoms with Crippen LogP contribution in [-0.2, 0) is 6.54 Å². The van der Waals surface area contributed by atoms with Gasteiger partial charge in [0.2, 0.25) is 0 Å². The molecule has 96 valence electrons. The molecule has 0 aliphatic carbocycles. The lowest BCUT2D eigenvalue weighted by molar-refractivity contribution is 0.266. The smallest absolute Gasteiger partial charge is 0.287 e. The van der Waals surface area contributed by atoms with Crippen molar-refractivity contribution in [2.24, 2.45) is 5.73 Å². The average molecular weight is 261 g/mol. The van der Waals surface area contributed by atoms with Crippen LogP contribution in [0.4, 0.5) is 5.69 Å². The lowest BCUT2D eigenvalue weighted by Gasteiger charge is -2.20. The van der Waals surface area contributed by atoms with Gasteiger partial charge in [0.05, 0.1) is 25.0 Å². The van der Waals surface area contributed by atoms with Gasteiger partial charge in [-0.3, -0.25) is 4.79 Å². The van der Waals surface area contributed by atoms with Crippen LogP contribution in [0.15, 0.2) is 11.0 Å². The van der Waals surface area contributed by atoms with Crippen molar-refractivity contribution in [2.75, 3.05) is 18.5 Å². The number of aromatic nitrogens is 2. The second-order valence-corrected chi connectivity index (χ2v) is 4.84. The van der Waals surface area contributed by atoms with E-state index >= 15 is 0 Å². The van der Waals surface area contributed by atoms with Crippen LogP contribution >= 0.6 is 11.6 Å². The largest absolute Gasteiger partial charge is 0.394 e. The molecule has 1 rings (SSSR count). The van der Waals surface area contributed by atoms with Crippen LogP contribution < -0.4 is 16.6 Å². The lowest BCUT2D eigenvalue weighted by Crippen LogP contribution is -2.40. The third-order valence-corrected chi connectivity index (χ3v) is 2.40. The number of rotatable bonds is 5. The molecule has 1 aromatic rings. The zero-order valence-corrected chi connectivity index (χ0v) is 10.7. The van der Waals surface area contributed by atoms with Gasteiger partial charge in [0, 0.05) is 12.1 Å².